The Morgan fingerprint density at radius 1 is 1.44 bits per heavy atom. The van der Waals surface area contributed by atoms with Crippen LogP contribution in [0.2, 0.25) is 0 Å². The lowest BCUT2D eigenvalue weighted by Gasteiger charge is -2.38. The zero-order valence-corrected chi connectivity index (χ0v) is 16.9. The maximum Gasteiger partial charge on any atom is 0.192 e. The summed E-state index contributed by atoms with van der Waals surface area (Å²) in [5.74, 6) is 0. The summed E-state index contributed by atoms with van der Waals surface area (Å²) in [6.45, 7) is 7.09. The van der Waals surface area contributed by atoms with E-state index in [0.29, 0.717) is 15.1 Å². The quantitative estimate of drug-likeness (QED) is 0.382. The number of nitrogens with zero attached hydrogens (tertiary/aromatic N) is 2. The highest BCUT2D eigenvalue weighted by Crippen LogP contribution is 2.43. The van der Waals surface area contributed by atoms with Gasteiger partial charge in [-0.15, -0.1) is 0 Å². The lowest BCUT2D eigenvalue weighted by Crippen LogP contribution is -2.39. The molecule has 6 nitrogen and oxygen atoms in total. The number of ether oxygens (including phenoxy) is 1. The first-order valence-corrected chi connectivity index (χ1v) is 10.3. The van der Waals surface area contributed by atoms with Gasteiger partial charge in [-0.25, -0.2) is 0 Å². The number of rotatable bonds is 6. The van der Waals surface area contributed by atoms with E-state index in [-0.39, 0.29) is 5.56 Å². The van der Waals surface area contributed by atoms with Crippen LogP contribution in [0.3, 0.4) is 0 Å². The molecule has 27 heavy (non-hydrogen) atoms. The molecule has 1 fully saturated rings. The largest absolute Gasteiger partial charge is 0.386 e. The first kappa shape index (κ1) is 20.2. The topological polar surface area (TPSA) is 95.5 Å². The van der Waals surface area contributed by atoms with Crippen LogP contribution in [0.15, 0.2) is 40.9 Å². The van der Waals surface area contributed by atoms with Crippen LogP contribution in [-0.2, 0) is 11.3 Å². The third-order valence-corrected chi connectivity index (χ3v) is 6.32. The van der Waals surface area contributed by atoms with Crippen LogP contribution >= 0.6 is 8.58 Å². The number of aromatic nitrogens is 1. The van der Waals surface area contributed by atoms with Gasteiger partial charge in [-0.2, -0.15) is 0 Å². The highest BCUT2D eigenvalue weighted by molar-refractivity contribution is 7.47. The van der Waals surface area contributed by atoms with Gasteiger partial charge < -0.3 is 25.9 Å². The van der Waals surface area contributed by atoms with Crippen LogP contribution < -0.4 is 11.3 Å². The van der Waals surface area contributed by atoms with Crippen LogP contribution in [0.1, 0.15) is 19.5 Å². The molecule has 3 rings (SSSR count). The van der Waals surface area contributed by atoms with E-state index in [2.05, 4.69) is 23.2 Å². The molecule has 1 radical (unpaired) electrons. The molecule has 0 aliphatic carbocycles. The van der Waals surface area contributed by atoms with Gasteiger partial charge in [0.15, 0.2) is 7.28 Å². The molecule has 4 N–H and O–H groups in total. The van der Waals surface area contributed by atoms with Gasteiger partial charge in [0.25, 0.3) is 0 Å². The summed E-state index contributed by atoms with van der Waals surface area (Å²) in [4.78, 5) is 6.92. The monoisotopic (exact) mass is 385 g/mol. The van der Waals surface area contributed by atoms with Gasteiger partial charge in [0.1, 0.15) is 0 Å². The number of hydrogen-bond acceptors (Lipinski definition) is 6. The van der Waals surface area contributed by atoms with Crippen molar-refractivity contribution >= 4 is 27.7 Å². The molecule has 0 amide bonds. The van der Waals surface area contributed by atoms with Crippen LogP contribution in [0.25, 0.3) is 0 Å². The number of pyridine rings is 1. The van der Waals surface area contributed by atoms with E-state index in [1.807, 2.05) is 18.2 Å². The molecule has 1 aromatic rings. The van der Waals surface area contributed by atoms with Crippen LogP contribution in [-0.4, -0.2) is 65.9 Å². The van der Waals surface area contributed by atoms with Crippen LogP contribution in [0.4, 0.5) is 0 Å². The molecule has 3 heterocycles. The number of morpholine rings is 1. The molecule has 0 bridgehead atoms. The molecule has 1 aromatic heterocycles. The molecular formula is C19H27BN4O2P. The van der Waals surface area contributed by atoms with Gasteiger partial charge in [-0.3, -0.25) is 4.98 Å². The third kappa shape index (κ3) is 4.85. The van der Waals surface area contributed by atoms with Gasteiger partial charge in [-0.05, 0) is 48.3 Å². The van der Waals surface area contributed by atoms with Crippen molar-refractivity contribution in [3.8, 4) is 0 Å². The second-order valence-corrected chi connectivity index (χ2v) is 8.67. The van der Waals surface area contributed by atoms with E-state index in [9.17, 15) is 5.11 Å². The zero-order chi connectivity index (χ0) is 19.4. The highest BCUT2D eigenvalue weighted by Gasteiger charge is 2.32. The second kappa shape index (κ2) is 8.66. The minimum Gasteiger partial charge on any atom is -0.386 e. The van der Waals surface area contributed by atoms with E-state index in [1.54, 1.807) is 13.8 Å². The minimum atomic E-state index is -1.02. The number of aliphatic hydroxyl groups is 1. The Labute approximate surface area is 163 Å². The molecule has 8 heteroatoms. The predicted octanol–water partition coefficient (Wildman–Crippen LogP) is 0.779. The molecule has 2 aliphatic heterocycles. The molecule has 2 atom stereocenters. The summed E-state index contributed by atoms with van der Waals surface area (Å²) < 4.78 is 5.48. The van der Waals surface area contributed by atoms with Crippen molar-refractivity contribution in [2.75, 3.05) is 26.3 Å². The Morgan fingerprint density at radius 3 is 2.81 bits per heavy atom. The lowest BCUT2D eigenvalue weighted by atomic mass is 9.66. The fraction of sp³-hybridized carbons (Fsp3) is 0.474. The van der Waals surface area contributed by atoms with Gasteiger partial charge in [0.2, 0.25) is 0 Å². The molecule has 2 unspecified atom stereocenters. The normalized spacial score (nSPS) is 22.0. The Morgan fingerprint density at radius 2 is 2.19 bits per heavy atom. The summed E-state index contributed by atoms with van der Waals surface area (Å²) in [5.41, 5.74) is 9.26. The average molecular weight is 385 g/mol. The Kier molecular flexibility index (Phi) is 6.48. The zero-order valence-electron chi connectivity index (χ0n) is 15.9. The number of nitrogens with two attached hydrogens (primary N) is 1. The van der Waals surface area contributed by atoms with Crippen LogP contribution in [0.5, 0.6) is 0 Å². The maximum atomic E-state index is 10.7. The average Bonchev–Trinajstić information content (AvgIpc) is 2.67. The Balaban J connectivity index is 1.95. The fourth-order valence-electron chi connectivity index (χ4n) is 3.36. The van der Waals surface area contributed by atoms with E-state index in [0.717, 1.165) is 48.7 Å². The first-order chi connectivity index (χ1) is 12.9. The van der Waals surface area contributed by atoms with Crippen molar-refractivity contribution in [2.24, 2.45) is 5.73 Å². The van der Waals surface area contributed by atoms with Crippen molar-refractivity contribution in [2.45, 2.75) is 31.6 Å². The molecule has 0 saturated carbocycles. The molecular weight excluding hydrogens is 358 g/mol. The number of hydrogen-bond donors (Lipinski definition) is 3. The van der Waals surface area contributed by atoms with Crippen molar-refractivity contribution in [3.05, 3.63) is 46.6 Å². The Hall–Kier alpha value is -1.53. The predicted molar refractivity (Wildman–Crippen MR) is 112 cm³/mol. The van der Waals surface area contributed by atoms with E-state index in [1.165, 1.54) is 11.7 Å². The van der Waals surface area contributed by atoms with Gasteiger partial charge in [-0.1, -0.05) is 20.7 Å². The number of nitrogens with one attached hydrogen (secondary N) is 1. The summed E-state index contributed by atoms with van der Waals surface area (Å²) in [7, 11) is 2.57. The fourth-order valence-corrected chi connectivity index (χ4v) is 4.96. The summed E-state index contributed by atoms with van der Waals surface area (Å²) in [6, 6.07) is 5.83. The van der Waals surface area contributed by atoms with E-state index < -0.39 is 5.60 Å². The second-order valence-electron chi connectivity index (χ2n) is 7.25. The summed E-state index contributed by atoms with van der Waals surface area (Å²) >= 11 is 0. The van der Waals surface area contributed by atoms with E-state index >= 15 is 0 Å². The van der Waals surface area contributed by atoms with E-state index in [4.69, 9.17) is 15.9 Å². The highest BCUT2D eigenvalue weighted by atomic mass is 31.1. The summed E-state index contributed by atoms with van der Waals surface area (Å²) in [5, 5.41) is 18.7. The molecule has 0 aromatic carbocycles. The van der Waals surface area contributed by atoms with Crippen molar-refractivity contribution in [1.29, 1.82) is 5.41 Å². The summed E-state index contributed by atoms with van der Waals surface area (Å²) in [6.07, 6.45) is 3.44. The van der Waals surface area contributed by atoms with Gasteiger partial charge in [0, 0.05) is 31.3 Å². The van der Waals surface area contributed by atoms with Crippen LogP contribution in [0, 0.1) is 5.41 Å². The SMILES string of the molecule is CC(C)(O)C1=C(C=N)C([B]c2cccc(CN)n2)PC(N2CCOCC2)=C1. The smallest absolute Gasteiger partial charge is 0.192 e. The number of allylic oxidation sites excluding steroid dienone is 1. The van der Waals surface area contributed by atoms with Gasteiger partial charge in [0.05, 0.1) is 24.5 Å². The molecule has 2 aliphatic rings. The molecule has 1 saturated heterocycles. The molecule has 143 valence electrons. The van der Waals surface area contributed by atoms with Crippen molar-refractivity contribution in [3.63, 3.8) is 0 Å². The first-order valence-electron chi connectivity index (χ1n) is 9.21. The standard InChI is InChI=1S/C19H27BN4O2P/c1-19(2,25)15-10-17(24-6-8-26-9-7-24)27-18(14(15)12-22)20-16-5-3-4-13(11-21)23-16/h3-5,10,12,18,22,25,27H,6-9,11,21H2,1-2H3. The maximum absolute atomic E-state index is 10.7. The third-order valence-electron chi connectivity index (χ3n) is 4.77. The van der Waals surface area contributed by atoms with Crippen molar-refractivity contribution in [1.82, 2.24) is 9.88 Å². The molecule has 0 spiro atoms. The van der Waals surface area contributed by atoms with Crippen molar-refractivity contribution < 1.29 is 9.84 Å². The minimum absolute atomic E-state index is 0.00675. The Bertz CT molecular complexity index is 754. The lowest BCUT2D eigenvalue weighted by molar-refractivity contribution is 0.0571. The van der Waals surface area contributed by atoms with Gasteiger partial charge >= 0.3 is 0 Å².